The maximum atomic E-state index is 12.4. The summed E-state index contributed by atoms with van der Waals surface area (Å²) in [6.07, 6.45) is -1.79. The van der Waals surface area contributed by atoms with Crippen LogP contribution in [0, 0.1) is 6.92 Å². The zero-order valence-corrected chi connectivity index (χ0v) is 11.8. The van der Waals surface area contributed by atoms with E-state index >= 15 is 0 Å². The Morgan fingerprint density at radius 1 is 1.15 bits per heavy atom. The van der Waals surface area contributed by atoms with Crippen molar-refractivity contribution in [2.24, 2.45) is 0 Å². The van der Waals surface area contributed by atoms with Crippen molar-refractivity contribution in [2.45, 2.75) is 19.1 Å². The molecule has 1 amide bonds. The van der Waals surface area contributed by atoms with Crippen LogP contribution < -0.4 is 9.47 Å². The molecule has 0 unspecified atom stereocenters. The van der Waals surface area contributed by atoms with Gasteiger partial charge in [0, 0.05) is 24.2 Å². The summed E-state index contributed by atoms with van der Waals surface area (Å²) in [4.78, 5) is 13.8. The van der Waals surface area contributed by atoms with Gasteiger partial charge in [-0.15, -0.1) is 0 Å². The Hall–Kier alpha value is -1.79. The summed E-state index contributed by atoms with van der Waals surface area (Å²) >= 11 is 0. The topological polar surface area (TPSA) is 79.2 Å². The molecule has 6 nitrogen and oxygen atoms in total. The van der Waals surface area contributed by atoms with Crippen molar-refractivity contribution < 1.29 is 24.5 Å². The molecule has 0 saturated carbocycles. The molecule has 1 aromatic rings. The fourth-order valence-electron chi connectivity index (χ4n) is 2.33. The number of aliphatic hydroxyl groups is 2. The van der Waals surface area contributed by atoms with Crippen molar-refractivity contribution in [2.75, 3.05) is 27.3 Å². The highest BCUT2D eigenvalue weighted by molar-refractivity contribution is 5.95. The van der Waals surface area contributed by atoms with Gasteiger partial charge in [-0.2, -0.15) is 0 Å². The van der Waals surface area contributed by atoms with Gasteiger partial charge in [0.1, 0.15) is 11.5 Å². The van der Waals surface area contributed by atoms with E-state index in [-0.39, 0.29) is 19.0 Å². The van der Waals surface area contributed by atoms with E-state index in [9.17, 15) is 15.0 Å². The maximum absolute atomic E-state index is 12.4. The molecule has 0 aliphatic carbocycles. The Morgan fingerprint density at radius 3 is 2.00 bits per heavy atom. The molecule has 2 atom stereocenters. The Morgan fingerprint density at radius 2 is 1.60 bits per heavy atom. The van der Waals surface area contributed by atoms with Gasteiger partial charge in [-0.25, -0.2) is 0 Å². The largest absolute Gasteiger partial charge is 0.496 e. The quantitative estimate of drug-likeness (QED) is 0.827. The van der Waals surface area contributed by atoms with E-state index in [1.165, 1.54) is 19.1 Å². The van der Waals surface area contributed by atoms with Crippen LogP contribution in [0.5, 0.6) is 11.5 Å². The van der Waals surface area contributed by atoms with Gasteiger partial charge in [0.05, 0.1) is 26.4 Å². The number of aliphatic hydroxyl groups excluding tert-OH is 2. The van der Waals surface area contributed by atoms with E-state index < -0.39 is 12.2 Å². The molecule has 1 aromatic carbocycles. The lowest BCUT2D eigenvalue weighted by Gasteiger charge is -2.17. The van der Waals surface area contributed by atoms with Gasteiger partial charge in [-0.05, 0) is 19.1 Å². The summed E-state index contributed by atoms with van der Waals surface area (Å²) in [5.41, 5.74) is 1.22. The van der Waals surface area contributed by atoms with E-state index in [0.29, 0.717) is 17.1 Å². The van der Waals surface area contributed by atoms with E-state index in [4.69, 9.17) is 9.47 Å². The third-order valence-electron chi connectivity index (χ3n) is 3.55. The van der Waals surface area contributed by atoms with Crippen LogP contribution in [0.2, 0.25) is 0 Å². The number of hydrogen-bond acceptors (Lipinski definition) is 5. The minimum atomic E-state index is -0.895. The molecular weight excluding hydrogens is 262 g/mol. The molecular formula is C14H19NO5. The fourth-order valence-corrected chi connectivity index (χ4v) is 2.33. The summed E-state index contributed by atoms with van der Waals surface area (Å²) < 4.78 is 10.5. The van der Waals surface area contributed by atoms with Crippen LogP contribution in [-0.4, -0.2) is 60.5 Å². The van der Waals surface area contributed by atoms with Gasteiger partial charge in [0.15, 0.2) is 0 Å². The number of nitrogens with zero attached hydrogens (tertiary/aromatic N) is 1. The monoisotopic (exact) mass is 281 g/mol. The normalized spacial score (nSPS) is 21.9. The highest BCUT2D eigenvalue weighted by Gasteiger charge is 2.33. The molecule has 6 heteroatoms. The number of methoxy groups -OCH3 is 2. The third kappa shape index (κ3) is 2.57. The zero-order chi connectivity index (χ0) is 14.9. The molecule has 2 N–H and O–H groups in total. The second-order valence-electron chi connectivity index (χ2n) is 4.85. The molecule has 1 fully saturated rings. The number of amides is 1. The molecule has 2 rings (SSSR count). The molecule has 1 aliphatic heterocycles. The predicted molar refractivity (Wildman–Crippen MR) is 72.2 cm³/mol. The highest BCUT2D eigenvalue weighted by Crippen LogP contribution is 2.30. The van der Waals surface area contributed by atoms with Crippen molar-refractivity contribution in [3.63, 3.8) is 0 Å². The second-order valence-corrected chi connectivity index (χ2v) is 4.85. The molecule has 0 radical (unpaired) electrons. The predicted octanol–water partition coefficient (Wildman–Crippen LogP) is 0.190. The molecule has 20 heavy (non-hydrogen) atoms. The number of rotatable bonds is 3. The van der Waals surface area contributed by atoms with Crippen LogP contribution in [0.3, 0.4) is 0 Å². The van der Waals surface area contributed by atoms with Gasteiger partial charge >= 0.3 is 0 Å². The molecule has 0 bridgehead atoms. The molecule has 0 spiro atoms. The fraction of sp³-hybridized carbons (Fsp3) is 0.500. The molecule has 1 aliphatic rings. The van der Waals surface area contributed by atoms with E-state index in [2.05, 4.69) is 0 Å². The maximum Gasteiger partial charge on any atom is 0.254 e. The molecule has 110 valence electrons. The SMILES string of the molecule is COc1cc(C(=O)N2C[C@@H](O)[C@@H](O)C2)cc(OC)c1C. The summed E-state index contributed by atoms with van der Waals surface area (Å²) in [5.74, 6) is 0.859. The van der Waals surface area contributed by atoms with Gasteiger partial charge in [-0.1, -0.05) is 0 Å². The molecule has 1 saturated heterocycles. The van der Waals surface area contributed by atoms with Crippen LogP contribution in [-0.2, 0) is 0 Å². The minimum Gasteiger partial charge on any atom is -0.496 e. The van der Waals surface area contributed by atoms with Crippen molar-refractivity contribution in [1.29, 1.82) is 0 Å². The van der Waals surface area contributed by atoms with Crippen molar-refractivity contribution in [3.05, 3.63) is 23.3 Å². The average Bonchev–Trinajstić information content (AvgIpc) is 2.78. The van der Waals surface area contributed by atoms with Crippen LogP contribution >= 0.6 is 0 Å². The Balaban J connectivity index is 2.31. The first-order valence-corrected chi connectivity index (χ1v) is 6.36. The highest BCUT2D eigenvalue weighted by atomic mass is 16.5. The van der Waals surface area contributed by atoms with Gasteiger partial charge in [0.2, 0.25) is 0 Å². The average molecular weight is 281 g/mol. The van der Waals surface area contributed by atoms with E-state index in [1.807, 2.05) is 6.92 Å². The number of benzene rings is 1. The van der Waals surface area contributed by atoms with Crippen molar-refractivity contribution >= 4 is 5.91 Å². The van der Waals surface area contributed by atoms with Gasteiger partial charge in [-0.3, -0.25) is 4.79 Å². The van der Waals surface area contributed by atoms with Crippen LogP contribution in [0.1, 0.15) is 15.9 Å². The lowest BCUT2D eigenvalue weighted by atomic mass is 10.1. The van der Waals surface area contributed by atoms with Crippen LogP contribution in [0.25, 0.3) is 0 Å². The van der Waals surface area contributed by atoms with E-state index in [0.717, 1.165) is 5.56 Å². The van der Waals surface area contributed by atoms with Gasteiger partial charge in [0.25, 0.3) is 5.91 Å². The lowest BCUT2D eigenvalue weighted by molar-refractivity contribution is 0.0572. The van der Waals surface area contributed by atoms with E-state index in [1.54, 1.807) is 12.1 Å². The van der Waals surface area contributed by atoms with Crippen molar-refractivity contribution in [1.82, 2.24) is 4.90 Å². The Kier molecular flexibility index (Phi) is 4.15. The summed E-state index contributed by atoms with van der Waals surface area (Å²) in [7, 11) is 3.05. The number of ether oxygens (including phenoxy) is 2. The summed E-state index contributed by atoms with van der Waals surface area (Å²) in [6, 6.07) is 3.27. The Labute approximate surface area is 117 Å². The summed E-state index contributed by atoms with van der Waals surface area (Å²) in [6.45, 7) is 2.09. The third-order valence-corrected chi connectivity index (χ3v) is 3.55. The summed E-state index contributed by atoms with van der Waals surface area (Å²) in [5, 5.41) is 19.0. The molecule has 1 heterocycles. The Bertz CT molecular complexity index is 481. The number of hydrogen-bond donors (Lipinski definition) is 2. The number of carbonyl (C=O) groups is 1. The lowest BCUT2D eigenvalue weighted by Crippen LogP contribution is -2.29. The zero-order valence-electron chi connectivity index (χ0n) is 11.8. The van der Waals surface area contributed by atoms with Crippen LogP contribution in [0.15, 0.2) is 12.1 Å². The number of likely N-dealkylation sites (tertiary alicyclic amines) is 1. The molecule has 0 aromatic heterocycles. The first-order valence-electron chi connectivity index (χ1n) is 6.36. The van der Waals surface area contributed by atoms with Gasteiger partial charge < -0.3 is 24.6 Å². The van der Waals surface area contributed by atoms with Crippen LogP contribution in [0.4, 0.5) is 0 Å². The second kappa shape index (κ2) is 5.68. The number of β-amino-alcohol motifs (C(OH)–C–C–N with tert-alkyl or cyclic N) is 2. The smallest absolute Gasteiger partial charge is 0.254 e. The van der Waals surface area contributed by atoms with Crippen molar-refractivity contribution in [3.8, 4) is 11.5 Å². The minimum absolute atomic E-state index is 0.124. The first-order chi connectivity index (χ1) is 9.47. The first kappa shape index (κ1) is 14.6. The number of carbonyl (C=O) groups excluding carboxylic acids is 1. The standard InChI is InChI=1S/C14H19NO5/c1-8-12(19-2)4-9(5-13(8)20-3)14(18)15-6-10(16)11(17)7-15/h4-5,10-11,16-17H,6-7H2,1-3H3/t10-,11+.